The van der Waals surface area contributed by atoms with Crippen molar-refractivity contribution in [2.24, 2.45) is 11.3 Å². The summed E-state index contributed by atoms with van der Waals surface area (Å²) in [5.41, 5.74) is 0.267. The Morgan fingerprint density at radius 3 is 2.00 bits per heavy atom. The highest BCUT2D eigenvalue weighted by Crippen LogP contribution is 2.65. The maximum Gasteiger partial charge on any atom is 0.324 e. The molecule has 0 saturated heterocycles. The SMILES string of the molecule is COC(=O)C1(C(=O)OC)[C@H](C=O)[C@H]1c1ccc(C)cc1. The van der Waals surface area contributed by atoms with Gasteiger partial charge < -0.3 is 14.3 Å². The third kappa shape index (κ3) is 1.81. The van der Waals surface area contributed by atoms with E-state index in [4.69, 9.17) is 9.47 Å². The van der Waals surface area contributed by atoms with Crippen LogP contribution in [0.25, 0.3) is 0 Å². The normalized spacial score (nSPS) is 22.8. The molecule has 1 saturated carbocycles. The van der Waals surface area contributed by atoms with E-state index in [1.54, 1.807) is 0 Å². The van der Waals surface area contributed by atoms with E-state index in [-0.39, 0.29) is 0 Å². The molecule has 106 valence electrons. The Morgan fingerprint density at radius 1 is 1.10 bits per heavy atom. The molecule has 0 unspecified atom stereocenters. The first-order chi connectivity index (χ1) is 9.53. The van der Waals surface area contributed by atoms with E-state index in [0.717, 1.165) is 11.1 Å². The molecular weight excluding hydrogens is 260 g/mol. The van der Waals surface area contributed by atoms with Crippen molar-refractivity contribution in [3.63, 3.8) is 0 Å². The van der Waals surface area contributed by atoms with E-state index in [1.165, 1.54) is 14.2 Å². The van der Waals surface area contributed by atoms with Crippen molar-refractivity contribution in [1.29, 1.82) is 0 Å². The summed E-state index contributed by atoms with van der Waals surface area (Å²) < 4.78 is 9.42. The number of aryl methyl sites for hydroxylation is 1. The van der Waals surface area contributed by atoms with E-state index in [0.29, 0.717) is 6.29 Å². The Kier molecular flexibility index (Phi) is 3.61. The van der Waals surface area contributed by atoms with Crippen molar-refractivity contribution < 1.29 is 23.9 Å². The van der Waals surface area contributed by atoms with Crippen molar-refractivity contribution in [3.8, 4) is 0 Å². The van der Waals surface area contributed by atoms with Crippen LogP contribution in [0.4, 0.5) is 0 Å². The molecule has 20 heavy (non-hydrogen) atoms. The second-order valence-electron chi connectivity index (χ2n) is 4.90. The first kappa shape index (κ1) is 14.2. The van der Waals surface area contributed by atoms with E-state index in [2.05, 4.69) is 0 Å². The van der Waals surface area contributed by atoms with Crippen LogP contribution in [0.15, 0.2) is 24.3 Å². The first-order valence-electron chi connectivity index (χ1n) is 6.22. The van der Waals surface area contributed by atoms with Crippen LogP contribution in [0.1, 0.15) is 17.0 Å². The van der Waals surface area contributed by atoms with Crippen molar-refractivity contribution in [2.45, 2.75) is 12.8 Å². The summed E-state index contributed by atoms with van der Waals surface area (Å²) in [6.07, 6.45) is 0.623. The molecule has 0 spiro atoms. The summed E-state index contributed by atoms with van der Waals surface area (Å²) in [6.45, 7) is 1.93. The highest BCUT2D eigenvalue weighted by atomic mass is 16.5. The molecule has 0 radical (unpaired) electrons. The Morgan fingerprint density at radius 2 is 1.60 bits per heavy atom. The molecule has 0 heterocycles. The number of benzene rings is 1. The van der Waals surface area contributed by atoms with Gasteiger partial charge in [0.25, 0.3) is 0 Å². The molecule has 0 aliphatic heterocycles. The molecule has 1 aromatic carbocycles. The second-order valence-corrected chi connectivity index (χ2v) is 4.90. The van der Waals surface area contributed by atoms with Crippen LogP contribution in [-0.4, -0.2) is 32.4 Å². The van der Waals surface area contributed by atoms with Crippen molar-refractivity contribution in [1.82, 2.24) is 0 Å². The van der Waals surface area contributed by atoms with Crippen LogP contribution in [-0.2, 0) is 23.9 Å². The topological polar surface area (TPSA) is 69.7 Å². The van der Waals surface area contributed by atoms with Gasteiger partial charge in [-0.3, -0.25) is 9.59 Å². The highest BCUT2D eigenvalue weighted by Gasteiger charge is 2.77. The van der Waals surface area contributed by atoms with Crippen LogP contribution in [0.3, 0.4) is 0 Å². The third-order valence-corrected chi connectivity index (χ3v) is 3.90. The number of hydrogen-bond donors (Lipinski definition) is 0. The summed E-state index contributed by atoms with van der Waals surface area (Å²) in [5, 5.41) is 0. The maximum atomic E-state index is 12.0. The van der Waals surface area contributed by atoms with E-state index in [1.807, 2.05) is 31.2 Å². The number of methoxy groups -OCH3 is 2. The van der Waals surface area contributed by atoms with Crippen LogP contribution in [0.2, 0.25) is 0 Å². The van der Waals surface area contributed by atoms with Crippen LogP contribution in [0.5, 0.6) is 0 Å². The molecule has 2 rings (SSSR count). The van der Waals surface area contributed by atoms with E-state index >= 15 is 0 Å². The number of carbonyl (C=O) groups excluding carboxylic acids is 3. The Hall–Kier alpha value is -2.17. The molecule has 0 N–H and O–H groups in total. The smallest absolute Gasteiger partial charge is 0.324 e. The van der Waals surface area contributed by atoms with Gasteiger partial charge in [0.05, 0.1) is 20.1 Å². The Labute approximate surface area is 116 Å². The number of hydrogen-bond acceptors (Lipinski definition) is 5. The number of carbonyl (C=O) groups is 3. The number of ether oxygens (including phenoxy) is 2. The zero-order valence-corrected chi connectivity index (χ0v) is 11.6. The molecule has 2 atom stereocenters. The third-order valence-electron chi connectivity index (χ3n) is 3.90. The Balaban J connectivity index is 2.47. The molecule has 0 amide bonds. The van der Waals surface area contributed by atoms with Gasteiger partial charge in [0.2, 0.25) is 0 Å². The molecule has 1 aromatic rings. The largest absolute Gasteiger partial charge is 0.468 e. The Bertz CT molecular complexity index is 530. The van der Waals surface area contributed by atoms with Gasteiger partial charge in [-0.05, 0) is 12.5 Å². The van der Waals surface area contributed by atoms with Gasteiger partial charge in [0, 0.05) is 5.92 Å². The van der Waals surface area contributed by atoms with Gasteiger partial charge in [-0.15, -0.1) is 0 Å². The molecule has 1 fully saturated rings. The minimum absolute atomic E-state index is 0.527. The lowest BCUT2D eigenvalue weighted by molar-refractivity contribution is -0.162. The molecule has 0 bridgehead atoms. The molecule has 5 nitrogen and oxygen atoms in total. The fourth-order valence-electron chi connectivity index (χ4n) is 2.79. The summed E-state index contributed by atoms with van der Waals surface area (Å²) in [6, 6.07) is 7.36. The molecule has 1 aliphatic carbocycles. The first-order valence-corrected chi connectivity index (χ1v) is 6.22. The summed E-state index contributed by atoms with van der Waals surface area (Å²) in [7, 11) is 2.39. The fraction of sp³-hybridized carbons (Fsp3) is 0.400. The van der Waals surface area contributed by atoms with Crippen molar-refractivity contribution in [2.75, 3.05) is 14.2 Å². The minimum atomic E-state index is -1.54. The van der Waals surface area contributed by atoms with Crippen LogP contribution in [0, 0.1) is 18.3 Å². The zero-order chi connectivity index (χ0) is 14.9. The molecular formula is C15H16O5. The van der Waals surface area contributed by atoms with Gasteiger partial charge in [0.1, 0.15) is 6.29 Å². The molecule has 1 aliphatic rings. The maximum absolute atomic E-state index is 12.0. The predicted molar refractivity (Wildman–Crippen MR) is 69.9 cm³/mol. The summed E-state index contributed by atoms with van der Waals surface area (Å²) in [4.78, 5) is 35.3. The number of rotatable bonds is 4. The van der Waals surface area contributed by atoms with Gasteiger partial charge in [0.15, 0.2) is 5.41 Å². The van der Waals surface area contributed by atoms with Gasteiger partial charge in [-0.25, -0.2) is 0 Å². The van der Waals surface area contributed by atoms with E-state index < -0.39 is 29.2 Å². The lowest BCUT2D eigenvalue weighted by Gasteiger charge is -2.12. The van der Waals surface area contributed by atoms with Crippen molar-refractivity contribution >= 4 is 18.2 Å². The van der Waals surface area contributed by atoms with E-state index in [9.17, 15) is 14.4 Å². The molecule has 0 aromatic heterocycles. The highest BCUT2D eigenvalue weighted by molar-refractivity contribution is 6.09. The average Bonchev–Trinajstić information content (AvgIpc) is 3.16. The number of aldehydes is 1. The lowest BCUT2D eigenvalue weighted by atomic mass is 9.98. The summed E-state index contributed by atoms with van der Waals surface area (Å²) in [5.74, 6) is -2.73. The van der Waals surface area contributed by atoms with Gasteiger partial charge in [-0.1, -0.05) is 29.8 Å². The number of esters is 2. The molecule has 5 heteroatoms. The van der Waals surface area contributed by atoms with Crippen molar-refractivity contribution in [3.05, 3.63) is 35.4 Å². The van der Waals surface area contributed by atoms with Crippen LogP contribution >= 0.6 is 0 Å². The summed E-state index contributed by atoms with van der Waals surface area (Å²) >= 11 is 0. The fourth-order valence-corrected chi connectivity index (χ4v) is 2.79. The monoisotopic (exact) mass is 276 g/mol. The standard InChI is InChI=1S/C15H16O5/c1-9-4-6-10(7-5-9)12-11(8-16)15(12,13(17)19-2)14(18)20-3/h4-8,11-12H,1-3H3/t11-,12-/m1/s1. The lowest BCUT2D eigenvalue weighted by Crippen LogP contribution is -2.32. The minimum Gasteiger partial charge on any atom is -0.468 e. The average molecular weight is 276 g/mol. The van der Waals surface area contributed by atoms with Gasteiger partial charge >= 0.3 is 11.9 Å². The van der Waals surface area contributed by atoms with Gasteiger partial charge in [-0.2, -0.15) is 0 Å². The quantitative estimate of drug-likeness (QED) is 0.470. The predicted octanol–water partition coefficient (Wildman–Crippen LogP) is 1.24. The second kappa shape index (κ2) is 5.07. The van der Waals surface area contributed by atoms with Crippen LogP contribution < -0.4 is 0 Å². The zero-order valence-electron chi connectivity index (χ0n) is 11.6.